The van der Waals surface area contributed by atoms with E-state index in [9.17, 15) is 24.9 Å². The van der Waals surface area contributed by atoms with E-state index in [-0.39, 0.29) is 82.7 Å². The molecule has 7 atom stereocenters. The van der Waals surface area contributed by atoms with E-state index in [1.54, 1.807) is 55.3 Å². The lowest BCUT2D eigenvalue weighted by Crippen LogP contribution is -2.70. The second kappa shape index (κ2) is 24.6. The number of nitrogens with zero attached hydrogens (tertiary/aromatic N) is 2. The number of carbonyl (C=O) groups is 2. The molecule has 17 heteroatoms. The molecule has 2 aliphatic carbocycles. The second-order valence-corrected chi connectivity index (χ2v) is 16.5. The van der Waals surface area contributed by atoms with E-state index in [1.165, 1.54) is 7.11 Å². The van der Waals surface area contributed by atoms with Crippen LogP contribution in [-0.4, -0.2) is 130 Å². The van der Waals surface area contributed by atoms with Gasteiger partial charge in [-0.2, -0.15) is 0 Å². The number of hydrogen-bond acceptors (Lipinski definition) is 15. The zero-order chi connectivity index (χ0) is 46.2. The lowest BCUT2D eigenvalue weighted by atomic mass is 9.55. The topological polar surface area (TPSA) is 206 Å². The molecule has 2 amide bonds. The molecule has 0 radical (unpaired) electrons. The van der Waals surface area contributed by atoms with Gasteiger partial charge in [-0.25, -0.2) is 9.59 Å². The van der Waals surface area contributed by atoms with Crippen LogP contribution in [0.1, 0.15) is 82.6 Å². The third-order valence-corrected chi connectivity index (χ3v) is 12.5. The van der Waals surface area contributed by atoms with Gasteiger partial charge in [-0.1, -0.05) is 30.1 Å². The Labute approximate surface area is 381 Å². The zero-order valence-electron chi connectivity index (χ0n) is 38.0. The van der Waals surface area contributed by atoms with E-state index < -0.39 is 36.2 Å². The number of anilines is 1. The minimum Gasteiger partial charge on any atom is -0.497 e. The number of methoxy groups -OCH3 is 2. The van der Waals surface area contributed by atoms with Gasteiger partial charge in [-0.05, 0) is 93.2 Å². The standard InChI is InChI=1S/C48H67N3O14/c1-5-24-62-48-42(51(47(56)60-6-2)20-26-59-27-23-54)31-39(50-65-43-15-9-12-25-61-43)36-28-32(13-7-10-21-52)35(14-8-11-22-53)44(45(36)48)37-29-34(17-19-40(37)64-48)63-46(55)49-38-18-16-33(57-3)30-41(38)58-4/h5,16-19,28-30,32,35,42-45,52-54H,1,6-15,20-27,31H2,2-4H3,(H,49,55). The van der Waals surface area contributed by atoms with Gasteiger partial charge in [-0.3, -0.25) is 10.2 Å². The van der Waals surface area contributed by atoms with Crippen molar-refractivity contribution < 1.29 is 67.6 Å². The second-order valence-electron chi connectivity index (χ2n) is 16.5. The van der Waals surface area contributed by atoms with Crippen LogP contribution in [0.4, 0.5) is 15.3 Å². The lowest BCUT2D eigenvalue weighted by Gasteiger charge is -2.59. The number of oxime groups is 1. The van der Waals surface area contributed by atoms with Crippen molar-refractivity contribution in [3.63, 3.8) is 0 Å². The normalized spacial score (nSPS) is 25.0. The summed E-state index contributed by atoms with van der Waals surface area (Å²) < 4.78 is 48.4. The number of benzene rings is 2. The summed E-state index contributed by atoms with van der Waals surface area (Å²) in [5.74, 6) is -1.01. The number of unbranched alkanes of at least 4 members (excludes halogenated alkanes) is 2. The number of aliphatic hydroxyl groups is 3. The predicted molar refractivity (Wildman–Crippen MR) is 240 cm³/mol. The van der Waals surface area contributed by atoms with E-state index in [2.05, 4.69) is 18.0 Å². The molecule has 17 nitrogen and oxygen atoms in total. The highest BCUT2D eigenvalue weighted by atomic mass is 16.8. The Bertz CT molecular complexity index is 1940. The summed E-state index contributed by atoms with van der Waals surface area (Å²) in [6.45, 7) is 6.57. The molecule has 7 unspecified atom stereocenters. The minimum absolute atomic E-state index is 0.0293. The average Bonchev–Trinajstić information content (AvgIpc) is 3.32. The summed E-state index contributed by atoms with van der Waals surface area (Å²) in [4.78, 5) is 35.6. The highest BCUT2D eigenvalue weighted by molar-refractivity contribution is 6.03. The van der Waals surface area contributed by atoms with E-state index >= 15 is 0 Å². The molecule has 65 heavy (non-hydrogen) atoms. The van der Waals surface area contributed by atoms with Crippen molar-refractivity contribution in [1.82, 2.24) is 4.90 Å². The Morgan fingerprint density at radius 1 is 0.985 bits per heavy atom. The first-order valence-corrected chi connectivity index (χ1v) is 22.9. The van der Waals surface area contributed by atoms with Gasteiger partial charge >= 0.3 is 12.2 Å². The highest BCUT2D eigenvalue weighted by Gasteiger charge is 2.65. The molecule has 2 aliphatic heterocycles. The van der Waals surface area contributed by atoms with Crippen LogP contribution >= 0.6 is 0 Å². The van der Waals surface area contributed by atoms with Gasteiger partial charge in [-0.15, -0.1) is 6.58 Å². The Morgan fingerprint density at radius 2 is 1.78 bits per heavy atom. The first-order valence-electron chi connectivity index (χ1n) is 22.9. The van der Waals surface area contributed by atoms with Crippen molar-refractivity contribution in [1.29, 1.82) is 0 Å². The monoisotopic (exact) mass is 909 g/mol. The van der Waals surface area contributed by atoms with Gasteiger partial charge in [0.15, 0.2) is 0 Å². The van der Waals surface area contributed by atoms with Crippen LogP contribution in [0.15, 0.2) is 65.9 Å². The number of allylic oxidation sites excluding steroid dienone is 1. The zero-order valence-corrected chi connectivity index (χ0v) is 38.0. The van der Waals surface area contributed by atoms with Crippen molar-refractivity contribution in [3.05, 3.63) is 66.3 Å². The third kappa shape index (κ3) is 11.9. The Hall–Kier alpha value is -4.91. The van der Waals surface area contributed by atoms with Crippen molar-refractivity contribution in [2.45, 2.75) is 95.2 Å². The SMILES string of the molecule is C=CCOC12Oc3ccc(OC(=O)Nc4ccc(OC)cc4OC)cc3C3C(CCCCO)C(CCCCO)C=C(C(=NOC4CCCCO4)CC1N(CCOCCO)C(=O)OCC)C32. The van der Waals surface area contributed by atoms with Crippen LogP contribution in [0.5, 0.6) is 23.0 Å². The van der Waals surface area contributed by atoms with Gasteiger partial charge in [0.25, 0.3) is 0 Å². The highest BCUT2D eigenvalue weighted by Crippen LogP contribution is 2.62. The molecule has 0 bridgehead atoms. The third-order valence-electron chi connectivity index (χ3n) is 12.5. The number of carbonyl (C=O) groups excluding carboxylic acids is 2. The first kappa shape index (κ1) is 49.5. The van der Waals surface area contributed by atoms with E-state index in [4.69, 9.17) is 47.9 Å². The fourth-order valence-electron chi connectivity index (χ4n) is 9.68. The Kier molecular flexibility index (Phi) is 18.7. The van der Waals surface area contributed by atoms with Crippen molar-refractivity contribution in [3.8, 4) is 23.0 Å². The van der Waals surface area contributed by atoms with Crippen LogP contribution in [0.3, 0.4) is 0 Å². The molecular formula is C48H67N3O14. The molecule has 2 aromatic carbocycles. The number of fused-ring (bicyclic) bond motifs is 2. The van der Waals surface area contributed by atoms with E-state index in [1.807, 2.05) is 6.07 Å². The molecule has 358 valence electrons. The van der Waals surface area contributed by atoms with Crippen molar-refractivity contribution >= 4 is 23.6 Å². The van der Waals surface area contributed by atoms with Gasteiger partial charge in [0.1, 0.15) is 29.0 Å². The summed E-state index contributed by atoms with van der Waals surface area (Å²) in [6.07, 6.45) is 8.77. The molecule has 0 aromatic heterocycles. The number of amides is 2. The number of hydrogen-bond donors (Lipinski definition) is 4. The number of aliphatic hydroxyl groups excluding tert-OH is 3. The molecule has 1 saturated heterocycles. The van der Waals surface area contributed by atoms with Gasteiger partial charge in [0.2, 0.25) is 12.1 Å². The number of rotatable bonds is 24. The molecule has 1 saturated carbocycles. The number of nitrogens with one attached hydrogen (secondary N) is 1. The molecule has 6 rings (SSSR count). The molecule has 4 N–H and O–H groups in total. The molecule has 2 fully saturated rings. The fraction of sp³-hybridized carbons (Fsp3) is 0.604. The quantitative estimate of drug-likeness (QED) is 0.0479. The van der Waals surface area contributed by atoms with Gasteiger partial charge in [0.05, 0.1) is 71.2 Å². The molecule has 0 spiro atoms. The van der Waals surface area contributed by atoms with Crippen LogP contribution in [-0.2, 0) is 23.8 Å². The summed E-state index contributed by atoms with van der Waals surface area (Å²) >= 11 is 0. The Balaban J connectivity index is 1.53. The average molecular weight is 910 g/mol. The van der Waals surface area contributed by atoms with Crippen LogP contribution < -0.4 is 24.3 Å². The molecule has 2 heterocycles. The van der Waals surface area contributed by atoms with Crippen LogP contribution in [0.25, 0.3) is 0 Å². The van der Waals surface area contributed by atoms with Crippen molar-refractivity contribution in [2.24, 2.45) is 22.9 Å². The van der Waals surface area contributed by atoms with E-state index in [0.717, 1.165) is 36.8 Å². The summed E-state index contributed by atoms with van der Waals surface area (Å²) in [6, 6.07) is 9.39. The largest absolute Gasteiger partial charge is 0.497 e. The first-order chi connectivity index (χ1) is 31.7. The van der Waals surface area contributed by atoms with E-state index in [0.29, 0.717) is 67.4 Å². The maximum absolute atomic E-state index is 14.2. The Morgan fingerprint density at radius 3 is 2.49 bits per heavy atom. The molecule has 4 aliphatic rings. The summed E-state index contributed by atoms with van der Waals surface area (Å²) in [5, 5.41) is 37.1. The molecule has 2 aromatic rings. The smallest absolute Gasteiger partial charge is 0.417 e. The molecular weight excluding hydrogens is 843 g/mol. The predicted octanol–water partition coefficient (Wildman–Crippen LogP) is 6.94. The maximum atomic E-state index is 14.2. The maximum Gasteiger partial charge on any atom is 0.417 e. The summed E-state index contributed by atoms with van der Waals surface area (Å²) in [5.41, 5.74) is 2.57. The van der Waals surface area contributed by atoms with Gasteiger partial charge < -0.3 is 58.1 Å². The minimum atomic E-state index is -1.56. The summed E-state index contributed by atoms with van der Waals surface area (Å²) in [7, 11) is 3.03. The van der Waals surface area contributed by atoms with Crippen molar-refractivity contribution in [2.75, 3.05) is 78.9 Å². The van der Waals surface area contributed by atoms with Gasteiger partial charge in [0, 0.05) is 50.1 Å². The number of ether oxygens (including phenoxy) is 8. The van der Waals surface area contributed by atoms with Crippen LogP contribution in [0, 0.1) is 17.8 Å². The fourth-order valence-corrected chi connectivity index (χ4v) is 9.68. The lowest BCUT2D eigenvalue weighted by molar-refractivity contribution is -0.256. The van der Waals surface area contributed by atoms with Crippen LogP contribution in [0.2, 0.25) is 0 Å².